The lowest BCUT2D eigenvalue weighted by Gasteiger charge is -2.22. The molecule has 0 unspecified atom stereocenters. The molecule has 2 N–H and O–H groups in total. The van der Waals surface area contributed by atoms with Crippen molar-refractivity contribution in [2.75, 3.05) is 18.8 Å². The van der Waals surface area contributed by atoms with Crippen molar-refractivity contribution in [1.82, 2.24) is 4.90 Å². The first kappa shape index (κ1) is 14.0. The SMILES string of the molecule is CCCN(CCC)Cc1cc(N)ccc1CC. The second kappa shape index (κ2) is 7.33. The molecule has 0 heterocycles. The maximum Gasteiger partial charge on any atom is 0.0317 e. The molecule has 0 amide bonds. The molecular formula is C15H26N2. The molecule has 0 bridgehead atoms. The fourth-order valence-electron chi connectivity index (χ4n) is 2.28. The Kier molecular flexibility index (Phi) is 6.06. The van der Waals surface area contributed by atoms with Gasteiger partial charge in [-0.15, -0.1) is 0 Å². The second-order valence-corrected chi connectivity index (χ2v) is 4.66. The maximum atomic E-state index is 5.89. The summed E-state index contributed by atoms with van der Waals surface area (Å²) in [5.41, 5.74) is 9.59. The van der Waals surface area contributed by atoms with Crippen molar-refractivity contribution < 1.29 is 0 Å². The Labute approximate surface area is 106 Å². The van der Waals surface area contributed by atoms with Crippen LogP contribution >= 0.6 is 0 Å². The zero-order valence-electron chi connectivity index (χ0n) is 11.5. The Bertz CT molecular complexity index is 328. The van der Waals surface area contributed by atoms with E-state index in [2.05, 4.69) is 37.8 Å². The van der Waals surface area contributed by atoms with Gasteiger partial charge in [-0.2, -0.15) is 0 Å². The lowest BCUT2D eigenvalue weighted by atomic mass is 10.0. The van der Waals surface area contributed by atoms with Crippen molar-refractivity contribution in [3.05, 3.63) is 29.3 Å². The molecule has 0 radical (unpaired) electrons. The molecule has 17 heavy (non-hydrogen) atoms. The molecule has 1 aromatic rings. The van der Waals surface area contributed by atoms with Crippen molar-refractivity contribution in [1.29, 1.82) is 0 Å². The Hall–Kier alpha value is -1.02. The van der Waals surface area contributed by atoms with E-state index in [1.54, 1.807) is 0 Å². The predicted molar refractivity (Wildman–Crippen MR) is 76.1 cm³/mol. The van der Waals surface area contributed by atoms with Gasteiger partial charge in [0.05, 0.1) is 0 Å². The fourth-order valence-corrected chi connectivity index (χ4v) is 2.28. The van der Waals surface area contributed by atoms with E-state index in [4.69, 9.17) is 5.73 Å². The van der Waals surface area contributed by atoms with Gasteiger partial charge in [-0.3, -0.25) is 4.90 Å². The van der Waals surface area contributed by atoms with Crippen LogP contribution in [-0.4, -0.2) is 18.0 Å². The third kappa shape index (κ3) is 4.39. The number of hydrogen-bond donors (Lipinski definition) is 1. The summed E-state index contributed by atoms with van der Waals surface area (Å²) < 4.78 is 0. The number of anilines is 1. The molecule has 0 aliphatic heterocycles. The summed E-state index contributed by atoms with van der Waals surface area (Å²) in [6.07, 6.45) is 3.51. The normalized spacial score (nSPS) is 11.1. The molecule has 0 saturated heterocycles. The summed E-state index contributed by atoms with van der Waals surface area (Å²) >= 11 is 0. The highest BCUT2D eigenvalue weighted by Gasteiger charge is 2.07. The summed E-state index contributed by atoms with van der Waals surface area (Å²) in [5.74, 6) is 0. The molecule has 2 nitrogen and oxygen atoms in total. The van der Waals surface area contributed by atoms with Crippen LogP contribution in [0, 0.1) is 0 Å². The first-order chi connectivity index (χ1) is 8.21. The fraction of sp³-hybridized carbons (Fsp3) is 0.600. The minimum absolute atomic E-state index is 0.880. The third-order valence-electron chi connectivity index (χ3n) is 3.08. The highest BCUT2D eigenvalue weighted by atomic mass is 15.1. The van der Waals surface area contributed by atoms with Crippen molar-refractivity contribution in [3.63, 3.8) is 0 Å². The van der Waals surface area contributed by atoms with Gasteiger partial charge in [-0.1, -0.05) is 26.8 Å². The second-order valence-electron chi connectivity index (χ2n) is 4.66. The molecule has 0 aliphatic carbocycles. The highest BCUT2D eigenvalue weighted by molar-refractivity contribution is 5.44. The van der Waals surface area contributed by atoms with Crippen molar-refractivity contribution in [3.8, 4) is 0 Å². The molecule has 1 aromatic carbocycles. The van der Waals surface area contributed by atoms with Crippen molar-refractivity contribution in [2.45, 2.75) is 46.6 Å². The van der Waals surface area contributed by atoms with E-state index in [1.165, 1.54) is 37.1 Å². The van der Waals surface area contributed by atoms with Gasteiger partial charge < -0.3 is 5.73 Å². The zero-order chi connectivity index (χ0) is 12.7. The first-order valence-electron chi connectivity index (χ1n) is 6.80. The monoisotopic (exact) mass is 234 g/mol. The predicted octanol–water partition coefficient (Wildman–Crippen LogP) is 3.45. The molecular weight excluding hydrogens is 208 g/mol. The molecule has 0 aromatic heterocycles. The van der Waals surface area contributed by atoms with Gasteiger partial charge in [0.2, 0.25) is 0 Å². The van der Waals surface area contributed by atoms with Crippen LogP contribution in [0.2, 0.25) is 0 Å². The van der Waals surface area contributed by atoms with Gasteiger partial charge in [-0.25, -0.2) is 0 Å². The number of aryl methyl sites for hydroxylation is 1. The van der Waals surface area contributed by atoms with E-state index >= 15 is 0 Å². The van der Waals surface area contributed by atoms with Gasteiger partial charge in [0.1, 0.15) is 0 Å². The van der Waals surface area contributed by atoms with Gasteiger partial charge in [-0.05, 0) is 55.6 Å². The topological polar surface area (TPSA) is 29.3 Å². The lowest BCUT2D eigenvalue weighted by Crippen LogP contribution is -2.25. The Morgan fingerprint density at radius 3 is 2.18 bits per heavy atom. The first-order valence-corrected chi connectivity index (χ1v) is 6.80. The molecule has 0 aliphatic rings. The van der Waals surface area contributed by atoms with Crippen LogP contribution in [0.3, 0.4) is 0 Å². The molecule has 2 heteroatoms. The lowest BCUT2D eigenvalue weighted by molar-refractivity contribution is 0.266. The number of rotatable bonds is 7. The van der Waals surface area contributed by atoms with Crippen molar-refractivity contribution in [2.24, 2.45) is 0 Å². The van der Waals surface area contributed by atoms with Gasteiger partial charge >= 0.3 is 0 Å². The molecule has 0 atom stereocenters. The minimum Gasteiger partial charge on any atom is -0.399 e. The summed E-state index contributed by atoms with van der Waals surface area (Å²) in [4.78, 5) is 2.52. The van der Waals surface area contributed by atoms with E-state index in [0.29, 0.717) is 0 Å². The van der Waals surface area contributed by atoms with Crippen LogP contribution in [0.25, 0.3) is 0 Å². The van der Waals surface area contributed by atoms with Gasteiger partial charge in [0.15, 0.2) is 0 Å². The largest absolute Gasteiger partial charge is 0.399 e. The quantitative estimate of drug-likeness (QED) is 0.732. The highest BCUT2D eigenvalue weighted by Crippen LogP contribution is 2.17. The van der Waals surface area contributed by atoms with E-state index in [1.807, 2.05) is 6.07 Å². The smallest absolute Gasteiger partial charge is 0.0317 e. The number of benzene rings is 1. The van der Waals surface area contributed by atoms with Gasteiger partial charge in [0, 0.05) is 12.2 Å². The molecule has 0 fully saturated rings. The average Bonchev–Trinajstić information content (AvgIpc) is 2.30. The van der Waals surface area contributed by atoms with E-state index in [-0.39, 0.29) is 0 Å². The van der Waals surface area contributed by atoms with E-state index < -0.39 is 0 Å². The Balaban J connectivity index is 2.79. The number of nitrogen functional groups attached to an aromatic ring is 1. The Morgan fingerprint density at radius 1 is 1.00 bits per heavy atom. The zero-order valence-corrected chi connectivity index (χ0v) is 11.5. The molecule has 0 spiro atoms. The third-order valence-corrected chi connectivity index (χ3v) is 3.08. The minimum atomic E-state index is 0.880. The average molecular weight is 234 g/mol. The molecule has 1 rings (SSSR count). The van der Waals surface area contributed by atoms with Crippen LogP contribution < -0.4 is 5.73 Å². The number of hydrogen-bond acceptors (Lipinski definition) is 2. The Morgan fingerprint density at radius 2 is 1.65 bits per heavy atom. The van der Waals surface area contributed by atoms with E-state index in [0.717, 1.165) is 18.7 Å². The van der Waals surface area contributed by atoms with Crippen LogP contribution in [0.4, 0.5) is 5.69 Å². The summed E-state index contributed by atoms with van der Waals surface area (Å²) in [5, 5.41) is 0. The van der Waals surface area contributed by atoms with E-state index in [9.17, 15) is 0 Å². The van der Waals surface area contributed by atoms with Crippen LogP contribution in [0.5, 0.6) is 0 Å². The summed E-state index contributed by atoms with van der Waals surface area (Å²) in [6.45, 7) is 10.1. The molecule has 0 saturated carbocycles. The van der Waals surface area contributed by atoms with Crippen LogP contribution in [-0.2, 0) is 13.0 Å². The molecule has 96 valence electrons. The standard InChI is InChI=1S/C15H26N2/c1-4-9-17(10-5-2)12-14-11-15(16)8-7-13(14)6-3/h7-8,11H,4-6,9-10,12,16H2,1-3H3. The van der Waals surface area contributed by atoms with Crippen molar-refractivity contribution >= 4 is 5.69 Å². The maximum absolute atomic E-state index is 5.89. The van der Waals surface area contributed by atoms with Gasteiger partial charge in [0.25, 0.3) is 0 Å². The number of nitrogens with two attached hydrogens (primary N) is 1. The number of nitrogens with zero attached hydrogens (tertiary/aromatic N) is 1. The van der Waals surface area contributed by atoms with Crippen LogP contribution in [0.1, 0.15) is 44.7 Å². The summed E-state index contributed by atoms with van der Waals surface area (Å²) in [6, 6.07) is 6.31. The summed E-state index contributed by atoms with van der Waals surface area (Å²) in [7, 11) is 0. The van der Waals surface area contributed by atoms with Crippen LogP contribution in [0.15, 0.2) is 18.2 Å².